The lowest BCUT2D eigenvalue weighted by Gasteiger charge is -2.38. The second kappa shape index (κ2) is 8.85. The minimum absolute atomic E-state index is 0.212. The summed E-state index contributed by atoms with van der Waals surface area (Å²) in [4.78, 5) is 26.8. The zero-order chi connectivity index (χ0) is 20.1. The van der Waals surface area contributed by atoms with Crippen molar-refractivity contribution in [1.29, 1.82) is 0 Å². The van der Waals surface area contributed by atoms with Crippen LogP contribution < -0.4 is 14.8 Å². The van der Waals surface area contributed by atoms with Crippen LogP contribution in [0, 0.1) is 0 Å². The van der Waals surface area contributed by atoms with E-state index in [9.17, 15) is 9.59 Å². The zero-order valence-corrected chi connectivity index (χ0v) is 16.9. The van der Waals surface area contributed by atoms with Gasteiger partial charge in [0.15, 0.2) is 5.11 Å². The van der Waals surface area contributed by atoms with Crippen LogP contribution in [0.2, 0.25) is 0 Å². The van der Waals surface area contributed by atoms with Crippen LogP contribution in [0.25, 0.3) is 0 Å². The van der Waals surface area contributed by atoms with E-state index in [-0.39, 0.29) is 24.0 Å². The molecular formula is C19H24N2O5S. The van der Waals surface area contributed by atoms with Crippen molar-refractivity contribution in [2.45, 2.75) is 33.2 Å². The summed E-state index contributed by atoms with van der Waals surface area (Å²) in [5, 5.41) is 3.17. The number of carbonyl (C=O) groups is 2. The number of rotatable bonds is 6. The minimum atomic E-state index is -0.782. The fourth-order valence-corrected chi connectivity index (χ4v) is 3.35. The molecule has 1 aliphatic rings. The number of esters is 1. The largest absolute Gasteiger partial charge is 0.497 e. The Bertz CT molecular complexity index is 790. The maximum atomic E-state index is 12.7. The first kappa shape index (κ1) is 20.7. The van der Waals surface area contributed by atoms with Gasteiger partial charge in [0.2, 0.25) is 5.91 Å². The average Bonchev–Trinajstić information content (AvgIpc) is 2.66. The molecule has 0 aliphatic carbocycles. The summed E-state index contributed by atoms with van der Waals surface area (Å²) in [7, 11) is 3.07. The molecule has 0 saturated heterocycles. The van der Waals surface area contributed by atoms with Crippen molar-refractivity contribution in [3.05, 3.63) is 35.0 Å². The van der Waals surface area contributed by atoms with Crippen LogP contribution >= 0.6 is 12.2 Å². The highest BCUT2D eigenvalue weighted by Crippen LogP contribution is 2.40. The Morgan fingerprint density at radius 2 is 1.93 bits per heavy atom. The lowest BCUT2D eigenvalue weighted by atomic mass is 9.92. The number of allylic oxidation sites excluding steroid dienone is 1. The molecule has 0 bridgehead atoms. The molecule has 1 atom stereocenters. The number of nitrogens with one attached hydrogen (secondary N) is 1. The Labute approximate surface area is 164 Å². The van der Waals surface area contributed by atoms with Crippen molar-refractivity contribution in [2.75, 3.05) is 20.8 Å². The van der Waals surface area contributed by atoms with E-state index in [4.69, 9.17) is 26.4 Å². The quantitative estimate of drug-likeness (QED) is 0.589. The molecule has 7 nitrogen and oxygen atoms in total. The third-order valence-electron chi connectivity index (χ3n) is 4.25. The molecule has 0 aromatic heterocycles. The highest BCUT2D eigenvalue weighted by molar-refractivity contribution is 7.80. The molecule has 0 saturated carbocycles. The standard InChI is InChI=1S/C19H24N2O5S/c1-6-15(22)21-17(13-10-12(24-4)8-9-14(13)25-5)16(18(23)26-7-2)11(3)20-19(21)27/h8-10,17H,6-7H2,1-5H3,(H,20,27)/t17-/m1/s1. The van der Waals surface area contributed by atoms with Gasteiger partial charge in [0.25, 0.3) is 0 Å². The number of ether oxygens (including phenoxy) is 3. The van der Waals surface area contributed by atoms with Crippen LogP contribution in [0.3, 0.4) is 0 Å². The second-order valence-corrected chi connectivity index (χ2v) is 6.20. The molecule has 1 heterocycles. The van der Waals surface area contributed by atoms with Crippen LogP contribution in [-0.2, 0) is 14.3 Å². The third kappa shape index (κ3) is 4.05. The van der Waals surface area contributed by atoms with Gasteiger partial charge in [-0.15, -0.1) is 0 Å². The molecule has 146 valence electrons. The first-order valence-electron chi connectivity index (χ1n) is 8.62. The first-order valence-corrected chi connectivity index (χ1v) is 9.03. The van der Waals surface area contributed by atoms with E-state index in [0.29, 0.717) is 28.3 Å². The number of carbonyl (C=O) groups excluding carboxylic acids is 2. The van der Waals surface area contributed by atoms with E-state index >= 15 is 0 Å². The highest BCUT2D eigenvalue weighted by atomic mass is 32.1. The molecule has 1 aromatic carbocycles. The van der Waals surface area contributed by atoms with Gasteiger partial charge in [0.05, 0.1) is 26.4 Å². The molecule has 8 heteroatoms. The summed E-state index contributed by atoms with van der Waals surface area (Å²) in [6, 6.07) is 4.43. The minimum Gasteiger partial charge on any atom is -0.497 e. The van der Waals surface area contributed by atoms with Gasteiger partial charge in [-0.3, -0.25) is 9.69 Å². The van der Waals surface area contributed by atoms with E-state index < -0.39 is 12.0 Å². The Balaban J connectivity index is 2.76. The topological polar surface area (TPSA) is 77.1 Å². The predicted molar refractivity (Wildman–Crippen MR) is 104 cm³/mol. The van der Waals surface area contributed by atoms with Gasteiger partial charge in [-0.05, 0) is 44.3 Å². The SMILES string of the molecule is CCOC(=O)C1=C(C)NC(=S)N(C(=O)CC)[C@@H]1c1cc(OC)ccc1OC. The molecular weight excluding hydrogens is 368 g/mol. The van der Waals surface area contributed by atoms with Crippen LogP contribution in [0.4, 0.5) is 0 Å². The lowest BCUT2D eigenvalue weighted by molar-refractivity contribution is -0.139. The molecule has 0 unspecified atom stereocenters. The number of amides is 1. The first-order chi connectivity index (χ1) is 12.9. The summed E-state index contributed by atoms with van der Waals surface area (Å²) >= 11 is 5.40. The van der Waals surface area contributed by atoms with Crippen molar-refractivity contribution in [3.8, 4) is 11.5 Å². The van der Waals surface area contributed by atoms with E-state index in [2.05, 4.69) is 5.32 Å². The molecule has 27 heavy (non-hydrogen) atoms. The maximum absolute atomic E-state index is 12.7. The average molecular weight is 392 g/mol. The number of thiocarbonyl (C=S) groups is 1. The van der Waals surface area contributed by atoms with Crippen molar-refractivity contribution < 1.29 is 23.8 Å². The van der Waals surface area contributed by atoms with Gasteiger partial charge in [0, 0.05) is 17.7 Å². The number of hydrogen-bond donors (Lipinski definition) is 1. The molecule has 0 spiro atoms. The van der Waals surface area contributed by atoms with Crippen molar-refractivity contribution in [2.24, 2.45) is 0 Å². The molecule has 0 fully saturated rings. The normalized spacial score (nSPS) is 16.7. The lowest BCUT2D eigenvalue weighted by Crippen LogP contribution is -2.51. The van der Waals surface area contributed by atoms with E-state index in [0.717, 1.165) is 0 Å². The number of methoxy groups -OCH3 is 2. The Morgan fingerprint density at radius 1 is 1.22 bits per heavy atom. The van der Waals surface area contributed by atoms with Gasteiger partial charge in [-0.2, -0.15) is 0 Å². The van der Waals surface area contributed by atoms with Crippen molar-refractivity contribution in [1.82, 2.24) is 10.2 Å². The van der Waals surface area contributed by atoms with E-state index in [1.165, 1.54) is 12.0 Å². The van der Waals surface area contributed by atoms with E-state index in [1.807, 2.05) is 0 Å². The Hall–Kier alpha value is -2.61. The summed E-state index contributed by atoms with van der Waals surface area (Å²) in [5.74, 6) is 0.333. The maximum Gasteiger partial charge on any atom is 0.338 e. The van der Waals surface area contributed by atoms with Gasteiger partial charge in [0.1, 0.15) is 17.5 Å². The fraction of sp³-hybridized carbons (Fsp3) is 0.421. The van der Waals surface area contributed by atoms with Gasteiger partial charge < -0.3 is 19.5 Å². The molecule has 1 aromatic rings. The summed E-state index contributed by atoms with van der Waals surface area (Å²) < 4.78 is 16.1. The van der Waals surface area contributed by atoms with Crippen LogP contribution in [-0.4, -0.2) is 42.7 Å². The summed E-state index contributed by atoms with van der Waals surface area (Å²) in [6.07, 6.45) is 0.222. The third-order valence-corrected chi connectivity index (χ3v) is 4.55. The Morgan fingerprint density at radius 3 is 2.48 bits per heavy atom. The van der Waals surface area contributed by atoms with Gasteiger partial charge in [-0.1, -0.05) is 6.92 Å². The summed E-state index contributed by atoms with van der Waals surface area (Å²) in [5.41, 5.74) is 1.43. The van der Waals surface area contributed by atoms with Crippen LogP contribution in [0.5, 0.6) is 11.5 Å². The van der Waals surface area contributed by atoms with Crippen molar-refractivity contribution in [3.63, 3.8) is 0 Å². The number of nitrogens with zero attached hydrogens (tertiary/aromatic N) is 1. The zero-order valence-electron chi connectivity index (χ0n) is 16.1. The fourth-order valence-electron chi connectivity index (χ4n) is 2.99. The molecule has 2 rings (SSSR count). The number of benzene rings is 1. The predicted octanol–water partition coefficient (Wildman–Crippen LogP) is 2.71. The smallest absolute Gasteiger partial charge is 0.338 e. The van der Waals surface area contributed by atoms with Crippen LogP contribution in [0.15, 0.2) is 29.5 Å². The van der Waals surface area contributed by atoms with Gasteiger partial charge in [-0.25, -0.2) is 4.79 Å². The summed E-state index contributed by atoms with van der Waals surface area (Å²) in [6.45, 7) is 5.40. The van der Waals surface area contributed by atoms with Crippen LogP contribution in [0.1, 0.15) is 38.8 Å². The Kier molecular flexibility index (Phi) is 6.79. The second-order valence-electron chi connectivity index (χ2n) is 5.82. The highest BCUT2D eigenvalue weighted by Gasteiger charge is 2.41. The molecule has 1 aliphatic heterocycles. The molecule has 1 amide bonds. The molecule has 1 N–H and O–H groups in total. The van der Waals surface area contributed by atoms with E-state index in [1.54, 1.807) is 46.1 Å². The number of hydrogen-bond acceptors (Lipinski definition) is 6. The monoisotopic (exact) mass is 392 g/mol. The van der Waals surface area contributed by atoms with Gasteiger partial charge >= 0.3 is 5.97 Å². The molecule has 0 radical (unpaired) electrons. The van der Waals surface area contributed by atoms with Crippen molar-refractivity contribution >= 4 is 29.2 Å².